The van der Waals surface area contributed by atoms with Crippen molar-refractivity contribution >= 4 is 15.8 Å². The van der Waals surface area contributed by atoms with Crippen molar-refractivity contribution in [1.29, 1.82) is 0 Å². The number of hydrogen-bond acceptors (Lipinski definition) is 4. The predicted octanol–water partition coefficient (Wildman–Crippen LogP) is 1.07. The van der Waals surface area contributed by atoms with Crippen LogP contribution >= 0.6 is 0 Å². The lowest BCUT2D eigenvalue weighted by Gasteiger charge is -2.25. The van der Waals surface area contributed by atoms with Crippen molar-refractivity contribution in [3.05, 3.63) is 12.2 Å². The van der Waals surface area contributed by atoms with Gasteiger partial charge in [-0.3, -0.25) is 4.79 Å². The molecular formula is C10H16O4S. The van der Waals surface area contributed by atoms with Crippen molar-refractivity contribution < 1.29 is 17.9 Å². The summed E-state index contributed by atoms with van der Waals surface area (Å²) in [7, 11) is -3.42. The lowest BCUT2D eigenvalue weighted by molar-refractivity contribution is -0.146. The van der Waals surface area contributed by atoms with E-state index in [1.807, 2.05) is 0 Å². The maximum Gasteiger partial charge on any atom is 0.328 e. The largest absolute Gasteiger partial charge is 0.465 e. The minimum atomic E-state index is -3.42. The van der Waals surface area contributed by atoms with E-state index in [0.717, 1.165) is 0 Å². The zero-order valence-electron chi connectivity index (χ0n) is 9.02. The fourth-order valence-electron chi connectivity index (χ4n) is 1.72. The second kappa shape index (κ2) is 4.35. The smallest absolute Gasteiger partial charge is 0.328 e. The molecule has 0 spiro atoms. The Morgan fingerprint density at radius 1 is 1.33 bits per heavy atom. The SMILES string of the molecule is CCOC(=O)C1(S(=O)(=O)CC)CC=CC1. The van der Waals surface area contributed by atoms with E-state index < -0.39 is 20.6 Å². The van der Waals surface area contributed by atoms with E-state index in [9.17, 15) is 13.2 Å². The van der Waals surface area contributed by atoms with Gasteiger partial charge in [0.2, 0.25) is 0 Å². The Kier molecular flexibility index (Phi) is 3.54. The lowest BCUT2D eigenvalue weighted by Crippen LogP contribution is -2.46. The van der Waals surface area contributed by atoms with Crippen molar-refractivity contribution in [3.63, 3.8) is 0 Å². The van der Waals surface area contributed by atoms with Crippen molar-refractivity contribution in [1.82, 2.24) is 0 Å². The Morgan fingerprint density at radius 2 is 1.87 bits per heavy atom. The summed E-state index contributed by atoms with van der Waals surface area (Å²) in [5.41, 5.74) is 0. The molecule has 0 bridgehead atoms. The van der Waals surface area contributed by atoms with E-state index in [4.69, 9.17) is 4.74 Å². The molecular weight excluding hydrogens is 216 g/mol. The van der Waals surface area contributed by atoms with Gasteiger partial charge in [0.1, 0.15) is 0 Å². The van der Waals surface area contributed by atoms with Crippen LogP contribution in [0.1, 0.15) is 26.7 Å². The van der Waals surface area contributed by atoms with Crippen LogP contribution < -0.4 is 0 Å². The molecule has 86 valence electrons. The molecule has 0 saturated heterocycles. The van der Waals surface area contributed by atoms with E-state index in [0.29, 0.717) is 0 Å². The minimum absolute atomic E-state index is 0.0342. The molecule has 0 aromatic heterocycles. The third-order valence-corrected chi connectivity index (χ3v) is 5.14. The van der Waals surface area contributed by atoms with Crippen LogP contribution in [0.5, 0.6) is 0 Å². The van der Waals surface area contributed by atoms with E-state index in [1.54, 1.807) is 26.0 Å². The first kappa shape index (κ1) is 12.2. The first-order valence-electron chi connectivity index (χ1n) is 5.04. The van der Waals surface area contributed by atoms with Gasteiger partial charge < -0.3 is 4.74 Å². The summed E-state index contributed by atoms with van der Waals surface area (Å²) in [5, 5.41) is 0. The zero-order chi connectivity index (χ0) is 11.5. The van der Waals surface area contributed by atoms with Gasteiger partial charge in [-0.05, 0) is 19.8 Å². The summed E-state index contributed by atoms with van der Waals surface area (Å²) >= 11 is 0. The maximum absolute atomic E-state index is 11.9. The van der Waals surface area contributed by atoms with Crippen LogP contribution in [-0.2, 0) is 19.4 Å². The van der Waals surface area contributed by atoms with Crippen molar-refractivity contribution in [2.45, 2.75) is 31.4 Å². The van der Waals surface area contributed by atoms with Gasteiger partial charge in [-0.1, -0.05) is 19.1 Å². The molecule has 0 saturated carbocycles. The molecule has 0 fully saturated rings. The molecule has 0 radical (unpaired) electrons. The van der Waals surface area contributed by atoms with E-state index in [2.05, 4.69) is 0 Å². The van der Waals surface area contributed by atoms with Crippen molar-refractivity contribution in [3.8, 4) is 0 Å². The fourth-order valence-corrected chi connectivity index (χ4v) is 3.28. The molecule has 1 rings (SSSR count). The molecule has 0 aromatic carbocycles. The Balaban J connectivity index is 3.05. The molecule has 0 aromatic rings. The quantitative estimate of drug-likeness (QED) is 0.537. The van der Waals surface area contributed by atoms with Crippen LogP contribution in [0, 0.1) is 0 Å². The van der Waals surface area contributed by atoms with E-state index in [-0.39, 0.29) is 25.2 Å². The first-order chi connectivity index (χ1) is 7.00. The Morgan fingerprint density at radius 3 is 2.27 bits per heavy atom. The number of hydrogen-bond donors (Lipinski definition) is 0. The van der Waals surface area contributed by atoms with Gasteiger partial charge in [0.25, 0.3) is 0 Å². The molecule has 15 heavy (non-hydrogen) atoms. The second-order valence-electron chi connectivity index (χ2n) is 3.50. The minimum Gasteiger partial charge on any atom is -0.465 e. The number of carbonyl (C=O) groups is 1. The number of esters is 1. The van der Waals surface area contributed by atoms with Crippen LogP contribution in [0.4, 0.5) is 0 Å². The lowest BCUT2D eigenvalue weighted by atomic mass is 10.1. The van der Waals surface area contributed by atoms with Gasteiger partial charge in [0.05, 0.1) is 6.61 Å². The molecule has 4 nitrogen and oxygen atoms in total. The zero-order valence-corrected chi connectivity index (χ0v) is 9.84. The molecule has 0 amide bonds. The molecule has 1 aliphatic rings. The van der Waals surface area contributed by atoms with Crippen LogP contribution in [0.3, 0.4) is 0 Å². The standard InChI is InChI=1S/C10H16O4S/c1-3-14-9(11)10(7-5-6-8-10)15(12,13)4-2/h5-6H,3-4,7-8H2,1-2H3. The molecule has 0 heterocycles. The van der Waals surface area contributed by atoms with Gasteiger partial charge in [-0.2, -0.15) is 0 Å². The average Bonchev–Trinajstić information content (AvgIpc) is 2.68. The van der Waals surface area contributed by atoms with Gasteiger partial charge in [-0.15, -0.1) is 0 Å². The first-order valence-corrected chi connectivity index (χ1v) is 6.70. The van der Waals surface area contributed by atoms with Crippen LogP contribution in [-0.4, -0.2) is 31.5 Å². The molecule has 0 N–H and O–H groups in total. The van der Waals surface area contributed by atoms with Crippen molar-refractivity contribution in [2.75, 3.05) is 12.4 Å². The van der Waals surface area contributed by atoms with E-state index in [1.165, 1.54) is 0 Å². The van der Waals surface area contributed by atoms with Gasteiger partial charge in [0.15, 0.2) is 14.6 Å². The fraction of sp³-hybridized carbons (Fsp3) is 0.700. The van der Waals surface area contributed by atoms with Crippen LogP contribution in [0.2, 0.25) is 0 Å². The van der Waals surface area contributed by atoms with Crippen LogP contribution in [0.15, 0.2) is 12.2 Å². The monoisotopic (exact) mass is 232 g/mol. The molecule has 1 aliphatic carbocycles. The van der Waals surface area contributed by atoms with Crippen molar-refractivity contribution in [2.24, 2.45) is 0 Å². The highest BCUT2D eigenvalue weighted by atomic mass is 32.2. The van der Waals surface area contributed by atoms with Gasteiger partial charge in [0, 0.05) is 5.75 Å². The summed E-state index contributed by atoms with van der Waals surface area (Å²) in [6.45, 7) is 3.43. The number of ether oxygens (including phenoxy) is 1. The Bertz CT molecular complexity index is 359. The highest BCUT2D eigenvalue weighted by Crippen LogP contribution is 2.34. The highest BCUT2D eigenvalue weighted by Gasteiger charge is 2.50. The summed E-state index contributed by atoms with van der Waals surface area (Å²) in [4.78, 5) is 11.7. The number of allylic oxidation sites excluding steroid dienone is 2. The predicted molar refractivity (Wildman–Crippen MR) is 57.2 cm³/mol. The Hall–Kier alpha value is -0.840. The third kappa shape index (κ3) is 1.93. The molecule has 0 atom stereocenters. The molecule has 0 aliphatic heterocycles. The summed E-state index contributed by atoms with van der Waals surface area (Å²) < 4.78 is 27.3. The normalized spacial score (nSPS) is 19.1. The van der Waals surface area contributed by atoms with E-state index >= 15 is 0 Å². The van der Waals surface area contributed by atoms with Crippen LogP contribution in [0.25, 0.3) is 0 Å². The average molecular weight is 232 g/mol. The highest BCUT2D eigenvalue weighted by molar-refractivity contribution is 7.93. The summed E-state index contributed by atoms with van der Waals surface area (Å²) in [6, 6.07) is 0. The van der Waals surface area contributed by atoms with Gasteiger partial charge >= 0.3 is 5.97 Å². The molecule has 5 heteroatoms. The summed E-state index contributed by atoms with van der Waals surface area (Å²) in [6.07, 6.45) is 3.93. The maximum atomic E-state index is 11.9. The number of carbonyl (C=O) groups excluding carboxylic acids is 1. The second-order valence-corrected chi connectivity index (χ2v) is 6.09. The van der Waals surface area contributed by atoms with Gasteiger partial charge in [-0.25, -0.2) is 8.42 Å². The topological polar surface area (TPSA) is 60.4 Å². The summed E-state index contributed by atoms with van der Waals surface area (Å²) in [5.74, 6) is -0.648. The third-order valence-electron chi connectivity index (χ3n) is 2.68. The molecule has 0 unspecified atom stereocenters. The number of sulfone groups is 1. The Labute approximate surface area is 90.2 Å². The number of rotatable bonds is 4.